The van der Waals surface area contributed by atoms with Gasteiger partial charge >= 0.3 is 6.09 Å². The zero-order chi connectivity index (χ0) is 14.7. The maximum Gasteiger partial charge on any atom is 0.408 e. The Bertz CT molecular complexity index is 308. The minimum absolute atomic E-state index is 0.0170. The quantitative estimate of drug-likeness (QED) is 0.845. The molecule has 1 unspecified atom stereocenters. The fourth-order valence-electron chi connectivity index (χ4n) is 1.44. The molecule has 0 radical (unpaired) electrons. The van der Waals surface area contributed by atoms with E-state index in [1.165, 1.54) is 0 Å². The summed E-state index contributed by atoms with van der Waals surface area (Å²) in [6.45, 7) is 14.7. The number of ether oxygens (including phenoxy) is 1. The van der Waals surface area contributed by atoms with Gasteiger partial charge < -0.3 is 10.1 Å². The van der Waals surface area contributed by atoms with E-state index in [0.717, 1.165) is 0 Å². The summed E-state index contributed by atoms with van der Waals surface area (Å²) in [5.41, 5.74) is -1.04. The van der Waals surface area contributed by atoms with Crippen molar-refractivity contribution in [2.24, 2.45) is 11.3 Å². The molecule has 1 amide bonds. The first-order chi connectivity index (χ1) is 7.84. The maximum atomic E-state index is 12.2. The molecule has 106 valence electrons. The number of alkyl carbamates (subject to hydrolysis) is 1. The molecule has 0 aliphatic heterocycles. The summed E-state index contributed by atoms with van der Waals surface area (Å²) in [4.78, 5) is 24.0. The van der Waals surface area contributed by atoms with Crippen molar-refractivity contribution in [2.75, 3.05) is 0 Å². The molecule has 0 aliphatic carbocycles. The van der Waals surface area contributed by atoms with Gasteiger partial charge in [0, 0.05) is 5.41 Å². The third-order valence-corrected chi connectivity index (χ3v) is 2.36. The molecule has 4 heteroatoms. The van der Waals surface area contributed by atoms with Crippen molar-refractivity contribution in [1.82, 2.24) is 5.32 Å². The second kappa shape index (κ2) is 5.72. The van der Waals surface area contributed by atoms with Crippen LogP contribution in [-0.2, 0) is 9.53 Å². The molecule has 0 aromatic carbocycles. The fraction of sp³-hybridized carbons (Fsp3) is 0.857. The first-order valence-corrected chi connectivity index (χ1v) is 6.38. The molecule has 0 fully saturated rings. The number of rotatable bonds is 3. The molecule has 0 saturated heterocycles. The van der Waals surface area contributed by atoms with Crippen LogP contribution in [0.4, 0.5) is 4.79 Å². The zero-order valence-electron chi connectivity index (χ0n) is 12.9. The van der Waals surface area contributed by atoms with Gasteiger partial charge in [0.05, 0.1) is 6.04 Å². The normalized spacial score (nSPS) is 14.3. The smallest absolute Gasteiger partial charge is 0.408 e. The predicted molar refractivity (Wildman–Crippen MR) is 72.5 cm³/mol. The number of hydrogen-bond donors (Lipinski definition) is 1. The Kier molecular flexibility index (Phi) is 5.38. The summed E-state index contributed by atoms with van der Waals surface area (Å²) in [6, 6.07) is -0.514. The molecule has 0 saturated carbocycles. The molecule has 0 aromatic heterocycles. The molecule has 0 bridgehead atoms. The first-order valence-electron chi connectivity index (χ1n) is 6.38. The predicted octanol–water partition coefficient (Wildman–Crippen LogP) is 3.15. The highest BCUT2D eigenvalue weighted by Gasteiger charge is 2.33. The van der Waals surface area contributed by atoms with Crippen LogP contribution < -0.4 is 5.32 Å². The number of ketones is 1. The second-order valence-electron chi connectivity index (χ2n) is 6.98. The van der Waals surface area contributed by atoms with E-state index in [1.54, 1.807) is 20.8 Å². The highest BCUT2D eigenvalue weighted by atomic mass is 16.6. The van der Waals surface area contributed by atoms with Crippen LogP contribution in [-0.4, -0.2) is 23.5 Å². The van der Waals surface area contributed by atoms with Gasteiger partial charge in [0.2, 0.25) is 0 Å². The van der Waals surface area contributed by atoms with E-state index in [-0.39, 0.29) is 11.7 Å². The highest BCUT2D eigenvalue weighted by Crippen LogP contribution is 2.20. The average Bonchev–Trinajstić information content (AvgIpc) is 2.08. The van der Waals surface area contributed by atoms with Gasteiger partial charge in [-0.3, -0.25) is 4.79 Å². The van der Waals surface area contributed by atoms with Crippen LogP contribution in [0.1, 0.15) is 55.4 Å². The third kappa shape index (κ3) is 6.03. The lowest BCUT2D eigenvalue weighted by Crippen LogP contribution is -2.49. The van der Waals surface area contributed by atoms with Gasteiger partial charge in [-0.1, -0.05) is 34.6 Å². The van der Waals surface area contributed by atoms with Gasteiger partial charge in [0.25, 0.3) is 0 Å². The molecule has 0 rings (SSSR count). The van der Waals surface area contributed by atoms with Gasteiger partial charge in [-0.05, 0) is 26.7 Å². The van der Waals surface area contributed by atoms with Crippen molar-refractivity contribution >= 4 is 11.9 Å². The molecule has 1 atom stereocenters. The molecule has 0 aromatic rings. The van der Waals surface area contributed by atoms with Crippen LogP contribution in [0.2, 0.25) is 0 Å². The molecule has 0 spiro atoms. The minimum atomic E-state index is -0.559. The number of carbonyl (C=O) groups excluding carboxylic acids is 2. The van der Waals surface area contributed by atoms with Crippen LogP contribution in [0, 0.1) is 11.3 Å². The standard InChI is InChI=1S/C14H27NO3/c1-9(2)10(11(16)13(3,4)5)15-12(17)18-14(6,7)8/h9-10H,1-8H3,(H,15,17). The summed E-state index contributed by atoms with van der Waals surface area (Å²) < 4.78 is 5.18. The van der Waals surface area contributed by atoms with Crippen LogP contribution >= 0.6 is 0 Å². The van der Waals surface area contributed by atoms with Crippen molar-refractivity contribution in [3.63, 3.8) is 0 Å². The molecular weight excluding hydrogens is 230 g/mol. The number of Topliss-reactive ketones (excluding diaryl/α,β-unsaturated/α-hetero) is 1. The van der Waals surface area contributed by atoms with Gasteiger partial charge in [-0.2, -0.15) is 0 Å². The topological polar surface area (TPSA) is 55.4 Å². The Morgan fingerprint density at radius 3 is 1.72 bits per heavy atom. The Hall–Kier alpha value is -1.06. The average molecular weight is 257 g/mol. The minimum Gasteiger partial charge on any atom is -0.444 e. The summed E-state index contributed by atoms with van der Waals surface area (Å²) in [5.74, 6) is 0.0487. The van der Waals surface area contributed by atoms with E-state index in [2.05, 4.69) is 5.32 Å². The van der Waals surface area contributed by atoms with Gasteiger partial charge in [0.1, 0.15) is 5.60 Å². The first kappa shape index (κ1) is 16.9. The van der Waals surface area contributed by atoms with Crippen molar-refractivity contribution < 1.29 is 14.3 Å². The second-order valence-corrected chi connectivity index (χ2v) is 6.98. The van der Waals surface area contributed by atoms with Crippen molar-refractivity contribution in [3.8, 4) is 0 Å². The van der Waals surface area contributed by atoms with Crippen LogP contribution in [0.3, 0.4) is 0 Å². The lowest BCUT2D eigenvalue weighted by molar-refractivity contribution is -0.129. The zero-order valence-corrected chi connectivity index (χ0v) is 12.9. The number of carbonyl (C=O) groups is 2. The monoisotopic (exact) mass is 257 g/mol. The third-order valence-electron chi connectivity index (χ3n) is 2.36. The Morgan fingerprint density at radius 1 is 1.00 bits per heavy atom. The molecule has 0 heterocycles. The van der Waals surface area contributed by atoms with Gasteiger partial charge in [0.15, 0.2) is 5.78 Å². The van der Waals surface area contributed by atoms with Crippen molar-refractivity contribution in [3.05, 3.63) is 0 Å². The molecule has 18 heavy (non-hydrogen) atoms. The van der Waals surface area contributed by atoms with E-state index < -0.39 is 23.2 Å². The number of nitrogens with one attached hydrogen (secondary N) is 1. The molecule has 4 nitrogen and oxygen atoms in total. The molecule has 1 N–H and O–H groups in total. The van der Waals surface area contributed by atoms with E-state index in [4.69, 9.17) is 4.74 Å². The number of amides is 1. The van der Waals surface area contributed by atoms with Crippen LogP contribution in [0.25, 0.3) is 0 Å². The van der Waals surface area contributed by atoms with Crippen molar-refractivity contribution in [2.45, 2.75) is 67.0 Å². The fourth-order valence-corrected chi connectivity index (χ4v) is 1.44. The summed E-state index contributed by atoms with van der Waals surface area (Å²) >= 11 is 0. The van der Waals surface area contributed by atoms with E-state index in [1.807, 2.05) is 34.6 Å². The van der Waals surface area contributed by atoms with Crippen molar-refractivity contribution in [1.29, 1.82) is 0 Å². The van der Waals surface area contributed by atoms with Crippen LogP contribution in [0.5, 0.6) is 0 Å². The Balaban J connectivity index is 4.76. The molecular formula is C14H27NO3. The Labute approximate surface area is 110 Å². The van der Waals surface area contributed by atoms with E-state index in [0.29, 0.717) is 0 Å². The van der Waals surface area contributed by atoms with Gasteiger partial charge in [-0.15, -0.1) is 0 Å². The lowest BCUT2D eigenvalue weighted by atomic mass is 9.82. The van der Waals surface area contributed by atoms with E-state index in [9.17, 15) is 9.59 Å². The SMILES string of the molecule is CC(C)C(NC(=O)OC(C)(C)C)C(=O)C(C)(C)C. The summed E-state index contributed by atoms with van der Waals surface area (Å²) in [7, 11) is 0. The van der Waals surface area contributed by atoms with E-state index >= 15 is 0 Å². The largest absolute Gasteiger partial charge is 0.444 e. The summed E-state index contributed by atoms with van der Waals surface area (Å²) in [5, 5.41) is 2.67. The highest BCUT2D eigenvalue weighted by molar-refractivity contribution is 5.91. The number of hydrogen-bond acceptors (Lipinski definition) is 3. The maximum absolute atomic E-state index is 12.2. The Morgan fingerprint density at radius 2 is 1.44 bits per heavy atom. The van der Waals surface area contributed by atoms with Crippen LogP contribution in [0.15, 0.2) is 0 Å². The summed E-state index contributed by atoms with van der Waals surface area (Å²) in [6.07, 6.45) is -0.543. The lowest BCUT2D eigenvalue weighted by Gasteiger charge is -2.29. The van der Waals surface area contributed by atoms with Gasteiger partial charge in [-0.25, -0.2) is 4.79 Å². The molecule has 0 aliphatic rings.